The summed E-state index contributed by atoms with van der Waals surface area (Å²) in [4.78, 5) is 26.2. The number of halogens is 2. The molecule has 0 spiro atoms. The molecular formula is C23H38ClIN6O. The molecule has 2 heterocycles. The Morgan fingerprint density at radius 3 is 2.38 bits per heavy atom. The second kappa shape index (κ2) is 14.2. The fraction of sp³-hybridized carbons (Fsp3) is 0.652. The van der Waals surface area contributed by atoms with Gasteiger partial charge in [0, 0.05) is 71.0 Å². The minimum atomic E-state index is 0. The Hall–Kier alpha value is -1.10. The number of rotatable bonds is 7. The second-order valence-corrected chi connectivity index (χ2v) is 8.94. The highest BCUT2D eigenvalue weighted by Gasteiger charge is 2.23. The van der Waals surface area contributed by atoms with Crippen molar-refractivity contribution in [3.8, 4) is 0 Å². The zero-order valence-electron chi connectivity index (χ0n) is 19.4. The third-order valence-corrected chi connectivity index (χ3v) is 6.40. The van der Waals surface area contributed by atoms with Crippen molar-refractivity contribution in [1.29, 1.82) is 0 Å². The van der Waals surface area contributed by atoms with Crippen molar-refractivity contribution in [3.63, 3.8) is 0 Å². The van der Waals surface area contributed by atoms with Gasteiger partial charge in [-0.25, -0.2) is 0 Å². The quantitative estimate of drug-likeness (QED) is 0.234. The van der Waals surface area contributed by atoms with Crippen molar-refractivity contribution in [2.24, 2.45) is 4.99 Å². The van der Waals surface area contributed by atoms with Crippen molar-refractivity contribution in [3.05, 3.63) is 34.9 Å². The lowest BCUT2D eigenvalue weighted by Crippen LogP contribution is -2.54. The Morgan fingerprint density at radius 1 is 1.03 bits per heavy atom. The van der Waals surface area contributed by atoms with Crippen LogP contribution >= 0.6 is 35.6 Å². The van der Waals surface area contributed by atoms with Crippen LogP contribution in [-0.4, -0.2) is 111 Å². The first-order chi connectivity index (χ1) is 15.0. The van der Waals surface area contributed by atoms with Gasteiger partial charge in [-0.2, -0.15) is 0 Å². The van der Waals surface area contributed by atoms with Gasteiger partial charge in [0.15, 0.2) is 5.96 Å². The van der Waals surface area contributed by atoms with E-state index in [0.717, 1.165) is 50.7 Å². The molecule has 1 aromatic carbocycles. The Labute approximate surface area is 215 Å². The van der Waals surface area contributed by atoms with Crippen LogP contribution in [0, 0.1) is 0 Å². The van der Waals surface area contributed by atoms with Crippen LogP contribution in [-0.2, 0) is 11.2 Å². The Kier molecular flexibility index (Phi) is 12.1. The molecule has 9 heteroatoms. The fourth-order valence-electron chi connectivity index (χ4n) is 4.17. The summed E-state index contributed by atoms with van der Waals surface area (Å²) in [5.41, 5.74) is 0.967. The number of hydrogen-bond donors (Lipinski definition) is 1. The third kappa shape index (κ3) is 8.68. The zero-order chi connectivity index (χ0) is 22.1. The molecular weight excluding hydrogens is 539 g/mol. The number of unbranched alkanes of at least 4 members (excludes halogenated alkanes) is 1. The normalized spacial score (nSPS) is 18.4. The minimum absolute atomic E-state index is 0. The molecule has 1 aromatic rings. The van der Waals surface area contributed by atoms with E-state index in [1.165, 1.54) is 39.1 Å². The van der Waals surface area contributed by atoms with E-state index in [1.54, 1.807) is 0 Å². The number of aliphatic imine (C=N–C) groups is 1. The summed E-state index contributed by atoms with van der Waals surface area (Å²) in [7, 11) is 4.03. The van der Waals surface area contributed by atoms with E-state index >= 15 is 0 Å². The molecule has 0 bridgehead atoms. The van der Waals surface area contributed by atoms with Crippen LogP contribution in [0.4, 0.5) is 0 Å². The summed E-state index contributed by atoms with van der Waals surface area (Å²) in [5, 5.41) is 4.18. The van der Waals surface area contributed by atoms with Crippen LogP contribution in [0.25, 0.3) is 0 Å². The van der Waals surface area contributed by atoms with Crippen molar-refractivity contribution in [1.82, 2.24) is 24.9 Å². The van der Waals surface area contributed by atoms with Gasteiger partial charge in [-0.15, -0.1) is 24.0 Å². The molecule has 2 fully saturated rings. The molecule has 32 heavy (non-hydrogen) atoms. The molecule has 180 valence electrons. The monoisotopic (exact) mass is 576 g/mol. The van der Waals surface area contributed by atoms with E-state index < -0.39 is 0 Å². The van der Waals surface area contributed by atoms with E-state index in [4.69, 9.17) is 11.6 Å². The van der Waals surface area contributed by atoms with Crippen LogP contribution in [0.3, 0.4) is 0 Å². The minimum Gasteiger partial charge on any atom is -0.356 e. The number of benzene rings is 1. The standard InChI is InChI=1S/C23H37ClN6O.HI/c1-25-23(26-8-3-4-9-28-12-10-27(2)11-13-28)30-16-14-29(15-17-30)22(31)19-20-6-5-7-21(24)18-20;/h5-7,18H,3-4,8-17,19H2,1-2H3,(H,25,26);1H. The van der Waals surface area contributed by atoms with Crippen molar-refractivity contribution in [2.75, 3.05) is 79.5 Å². The smallest absolute Gasteiger partial charge is 0.227 e. The molecule has 2 aliphatic heterocycles. The van der Waals surface area contributed by atoms with Crippen LogP contribution in [0.1, 0.15) is 18.4 Å². The molecule has 0 aromatic heterocycles. The van der Waals surface area contributed by atoms with Gasteiger partial charge in [0.2, 0.25) is 5.91 Å². The van der Waals surface area contributed by atoms with E-state index in [2.05, 4.69) is 32.1 Å². The Morgan fingerprint density at radius 2 is 1.72 bits per heavy atom. The summed E-state index contributed by atoms with van der Waals surface area (Å²) in [6, 6.07) is 7.55. The molecule has 1 amide bonds. The van der Waals surface area contributed by atoms with Gasteiger partial charge in [0.05, 0.1) is 6.42 Å². The molecule has 0 atom stereocenters. The number of nitrogens with zero attached hydrogens (tertiary/aromatic N) is 5. The van der Waals surface area contributed by atoms with Crippen LogP contribution in [0.2, 0.25) is 5.02 Å². The highest BCUT2D eigenvalue weighted by molar-refractivity contribution is 14.0. The van der Waals surface area contributed by atoms with Crippen molar-refractivity contribution < 1.29 is 4.79 Å². The topological polar surface area (TPSA) is 54.4 Å². The molecule has 0 unspecified atom stereocenters. The maximum Gasteiger partial charge on any atom is 0.227 e. The lowest BCUT2D eigenvalue weighted by Gasteiger charge is -2.36. The second-order valence-electron chi connectivity index (χ2n) is 8.50. The third-order valence-electron chi connectivity index (χ3n) is 6.17. The van der Waals surface area contributed by atoms with Crippen LogP contribution < -0.4 is 5.32 Å². The first-order valence-electron chi connectivity index (χ1n) is 11.4. The molecule has 1 N–H and O–H groups in total. The Balaban J connectivity index is 0.00000363. The lowest BCUT2D eigenvalue weighted by atomic mass is 10.1. The van der Waals surface area contributed by atoms with Gasteiger partial charge < -0.3 is 24.9 Å². The van der Waals surface area contributed by atoms with Crippen LogP contribution in [0.5, 0.6) is 0 Å². The lowest BCUT2D eigenvalue weighted by molar-refractivity contribution is -0.131. The number of nitrogens with one attached hydrogen (secondary N) is 1. The first-order valence-corrected chi connectivity index (χ1v) is 11.8. The largest absolute Gasteiger partial charge is 0.356 e. The predicted octanol–water partition coefficient (Wildman–Crippen LogP) is 2.25. The molecule has 2 saturated heterocycles. The summed E-state index contributed by atoms with van der Waals surface area (Å²) in [6.45, 7) is 9.92. The summed E-state index contributed by atoms with van der Waals surface area (Å²) >= 11 is 6.03. The number of piperazine rings is 2. The summed E-state index contributed by atoms with van der Waals surface area (Å²) < 4.78 is 0. The SMILES string of the molecule is CN=C(NCCCCN1CCN(C)CC1)N1CCN(C(=O)Cc2cccc(Cl)c2)CC1.I. The number of carbonyl (C=O) groups excluding carboxylic acids is 1. The Bertz CT molecular complexity index is 733. The number of amides is 1. The average molecular weight is 577 g/mol. The molecule has 0 saturated carbocycles. The summed E-state index contributed by atoms with van der Waals surface area (Å²) in [6.07, 6.45) is 2.75. The maximum atomic E-state index is 12.6. The maximum absolute atomic E-state index is 12.6. The van der Waals surface area contributed by atoms with Crippen LogP contribution in [0.15, 0.2) is 29.3 Å². The zero-order valence-corrected chi connectivity index (χ0v) is 22.5. The van der Waals surface area contributed by atoms with Gasteiger partial charge in [0.1, 0.15) is 0 Å². The fourth-order valence-corrected chi connectivity index (χ4v) is 4.38. The van der Waals surface area contributed by atoms with E-state index in [1.807, 2.05) is 36.2 Å². The van der Waals surface area contributed by atoms with Gasteiger partial charge in [-0.05, 0) is 44.1 Å². The van der Waals surface area contributed by atoms with Gasteiger partial charge >= 0.3 is 0 Å². The van der Waals surface area contributed by atoms with Gasteiger partial charge in [-0.3, -0.25) is 9.79 Å². The molecule has 0 radical (unpaired) electrons. The van der Waals surface area contributed by atoms with E-state index in [0.29, 0.717) is 11.4 Å². The average Bonchev–Trinajstić information content (AvgIpc) is 2.78. The first kappa shape index (κ1) is 27.1. The molecule has 2 aliphatic rings. The summed E-state index contributed by atoms with van der Waals surface area (Å²) in [5.74, 6) is 1.11. The molecule has 3 rings (SSSR count). The number of guanidine groups is 1. The van der Waals surface area contributed by atoms with E-state index in [9.17, 15) is 4.79 Å². The van der Waals surface area contributed by atoms with E-state index in [-0.39, 0.29) is 29.9 Å². The highest BCUT2D eigenvalue weighted by atomic mass is 127. The van der Waals surface area contributed by atoms with Crippen molar-refractivity contribution in [2.45, 2.75) is 19.3 Å². The molecule has 7 nitrogen and oxygen atoms in total. The van der Waals surface area contributed by atoms with Crippen molar-refractivity contribution >= 4 is 47.4 Å². The number of hydrogen-bond acceptors (Lipinski definition) is 4. The number of likely N-dealkylation sites (N-methyl/N-ethyl adjacent to an activating group) is 1. The number of carbonyl (C=O) groups is 1. The van der Waals surface area contributed by atoms with Gasteiger partial charge in [-0.1, -0.05) is 23.7 Å². The highest BCUT2D eigenvalue weighted by Crippen LogP contribution is 2.13. The molecule has 0 aliphatic carbocycles. The predicted molar refractivity (Wildman–Crippen MR) is 143 cm³/mol. The van der Waals surface area contributed by atoms with Gasteiger partial charge in [0.25, 0.3) is 0 Å².